The minimum atomic E-state index is -0.116. The number of nitrogens with zero attached hydrogens (tertiary/aromatic N) is 4. The van der Waals surface area contributed by atoms with Gasteiger partial charge in [-0.15, -0.1) is 0 Å². The van der Waals surface area contributed by atoms with Crippen molar-refractivity contribution in [1.29, 1.82) is 0 Å². The van der Waals surface area contributed by atoms with Crippen LogP contribution in [0.4, 0.5) is 5.69 Å². The lowest BCUT2D eigenvalue weighted by Gasteiger charge is -2.11. The molecular weight excluding hydrogens is 362 g/mol. The monoisotopic (exact) mass is 389 g/mol. The van der Waals surface area contributed by atoms with Gasteiger partial charge >= 0.3 is 0 Å². The molecule has 2 heterocycles. The van der Waals surface area contributed by atoms with Gasteiger partial charge in [0, 0.05) is 36.6 Å². The zero-order valence-electron chi connectivity index (χ0n) is 17.4. The van der Waals surface area contributed by atoms with Crippen molar-refractivity contribution < 1.29 is 4.79 Å². The fraction of sp³-hybridized carbons (Fsp3) is 0.304. The third-order valence-electron chi connectivity index (χ3n) is 5.33. The van der Waals surface area contributed by atoms with Gasteiger partial charge in [-0.05, 0) is 75.8 Å². The minimum absolute atomic E-state index is 0.116. The number of carbonyl (C=O) groups excluding carboxylic acids is 1. The van der Waals surface area contributed by atoms with Crippen LogP contribution in [0, 0.1) is 6.92 Å². The summed E-state index contributed by atoms with van der Waals surface area (Å²) < 4.78 is 4.26. The molecule has 6 nitrogen and oxygen atoms in total. The van der Waals surface area contributed by atoms with Crippen LogP contribution in [0.5, 0.6) is 0 Å². The number of anilines is 1. The average Bonchev–Trinajstić information content (AvgIpc) is 3.20. The lowest BCUT2D eigenvalue weighted by atomic mass is 10.1. The molecule has 0 aliphatic heterocycles. The Morgan fingerprint density at radius 2 is 1.93 bits per heavy atom. The van der Waals surface area contributed by atoms with Crippen molar-refractivity contribution in [3.63, 3.8) is 0 Å². The zero-order chi connectivity index (χ0) is 20.5. The number of aromatic nitrogens is 3. The van der Waals surface area contributed by atoms with Gasteiger partial charge in [0.15, 0.2) is 0 Å². The van der Waals surface area contributed by atoms with E-state index >= 15 is 0 Å². The first-order chi connectivity index (χ1) is 13.9. The first-order valence-electron chi connectivity index (χ1n) is 9.90. The van der Waals surface area contributed by atoms with E-state index in [1.165, 1.54) is 0 Å². The van der Waals surface area contributed by atoms with Crippen LogP contribution in [0.3, 0.4) is 0 Å². The second kappa shape index (κ2) is 7.72. The molecule has 29 heavy (non-hydrogen) atoms. The molecular formula is C23H27N5O. The number of carbonyl (C=O) groups is 1. The molecule has 150 valence electrons. The summed E-state index contributed by atoms with van der Waals surface area (Å²) in [5.74, 6) is 0.881. The van der Waals surface area contributed by atoms with Crippen LogP contribution >= 0.6 is 0 Å². The second-order valence-corrected chi connectivity index (χ2v) is 7.83. The summed E-state index contributed by atoms with van der Waals surface area (Å²) in [4.78, 5) is 19.6. The summed E-state index contributed by atoms with van der Waals surface area (Å²) >= 11 is 0. The maximum atomic E-state index is 12.8. The largest absolute Gasteiger partial charge is 0.351 e. The highest BCUT2D eigenvalue weighted by Gasteiger charge is 2.11. The summed E-state index contributed by atoms with van der Waals surface area (Å²) in [5, 5.41) is 4.14. The Kier molecular flexibility index (Phi) is 5.11. The van der Waals surface area contributed by atoms with Crippen LogP contribution in [0.25, 0.3) is 21.9 Å². The van der Waals surface area contributed by atoms with Gasteiger partial charge in [-0.1, -0.05) is 6.07 Å². The Hall–Kier alpha value is -3.12. The van der Waals surface area contributed by atoms with Crippen molar-refractivity contribution in [3.8, 4) is 0 Å². The highest BCUT2D eigenvalue weighted by Crippen LogP contribution is 2.22. The molecule has 0 saturated carbocycles. The molecule has 1 N–H and O–H groups in total. The Balaban J connectivity index is 1.54. The molecule has 0 aliphatic carbocycles. The van der Waals surface area contributed by atoms with Crippen molar-refractivity contribution in [3.05, 3.63) is 60.0 Å². The average molecular weight is 390 g/mol. The Morgan fingerprint density at radius 1 is 1.10 bits per heavy atom. The third-order valence-corrected chi connectivity index (χ3v) is 5.33. The predicted molar refractivity (Wildman–Crippen MR) is 119 cm³/mol. The normalized spacial score (nSPS) is 11.6. The number of hydrogen-bond donors (Lipinski definition) is 1. The number of fused-ring (bicyclic) bond motifs is 2. The van der Waals surface area contributed by atoms with Crippen LogP contribution in [0.2, 0.25) is 0 Å². The van der Waals surface area contributed by atoms with Gasteiger partial charge in [-0.2, -0.15) is 0 Å². The first-order valence-corrected chi connectivity index (χ1v) is 9.90. The molecule has 0 fully saturated rings. The van der Waals surface area contributed by atoms with Gasteiger partial charge in [-0.25, -0.2) is 4.98 Å². The van der Waals surface area contributed by atoms with Gasteiger partial charge in [0.25, 0.3) is 5.91 Å². The molecule has 0 atom stereocenters. The quantitative estimate of drug-likeness (QED) is 0.541. The molecule has 1 amide bonds. The highest BCUT2D eigenvalue weighted by molar-refractivity contribution is 6.06. The third kappa shape index (κ3) is 3.89. The van der Waals surface area contributed by atoms with Crippen LogP contribution < -0.4 is 5.32 Å². The molecule has 2 aromatic heterocycles. The van der Waals surface area contributed by atoms with E-state index in [9.17, 15) is 4.79 Å². The maximum absolute atomic E-state index is 12.8. The van der Waals surface area contributed by atoms with Crippen molar-refractivity contribution in [2.45, 2.75) is 19.9 Å². The van der Waals surface area contributed by atoms with Crippen molar-refractivity contribution in [2.75, 3.05) is 26.0 Å². The van der Waals surface area contributed by atoms with Gasteiger partial charge in [0.1, 0.15) is 5.82 Å². The molecule has 0 aliphatic rings. The lowest BCUT2D eigenvalue weighted by Crippen LogP contribution is -2.15. The summed E-state index contributed by atoms with van der Waals surface area (Å²) in [6.45, 7) is 4.00. The number of amides is 1. The summed E-state index contributed by atoms with van der Waals surface area (Å²) in [7, 11) is 6.15. The van der Waals surface area contributed by atoms with E-state index in [1.807, 2.05) is 67.2 Å². The fourth-order valence-electron chi connectivity index (χ4n) is 3.76. The maximum Gasteiger partial charge on any atom is 0.255 e. The predicted octanol–water partition coefficient (Wildman–Crippen LogP) is 4.04. The molecule has 0 unspecified atom stereocenters. The number of aryl methyl sites for hydroxylation is 3. The van der Waals surface area contributed by atoms with Crippen molar-refractivity contribution in [2.24, 2.45) is 7.05 Å². The lowest BCUT2D eigenvalue weighted by molar-refractivity contribution is 0.102. The molecule has 0 radical (unpaired) electrons. The number of nitrogens with one attached hydrogen (secondary N) is 1. The fourth-order valence-corrected chi connectivity index (χ4v) is 3.76. The smallest absolute Gasteiger partial charge is 0.255 e. The molecule has 0 bridgehead atoms. The molecule has 0 saturated heterocycles. The van der Waals surface area contributed by atoms with E-state index in [4.69, 9.17) is 4.98 Å². The number of hydrogen-bond acceptors (Lipinski definition) is 3. The Bertz CT molecular complexity index is 1180. The second-order valence-electron chi connectivity index (χ2n) is 7.83. The minimum Gasteiger partial charge on any atom is -0.351 e. The van der Waals surface area contributed by atoms with Gasteiger partial charge in [0.05, 0.1) is 11.0 Å². The van der Waals surface area contributed by atoms with Crippen LogP contribution in [-0.4, -0.2) is 45.6 Å². The topological polar surface area (TPSA) is 55.1 Å². The van der Waals surface area contributed by atoms with E-state index < -0.39 is 0 Å². The van der Waals surface area contributed by atoms with Gasteiger partial charge in [0.2, 0.25) is 0 Å². The van der Waals surface area contributed by atoms with Crippen molar-refractivity contribution in [1.82, 2.24) is 19.0 Å². The zero-order valence-corrected chi connectivity index (χ0v) is 17.4. The number of imidazole rings is 1. The first kappa shape index (κ1) is 19.2. The van der Waals surface area contributed by atoms with Crippen LogP contribution in [-0.2, 0) is 13.6 Å². The molecule has 2 aromatic carbocycles. The summed E-state index contributed by atoms with van der Waals surface area (Å²) in [5.41, 5.74) is 4.45. The Morgan fingerprint density at radius 3 is 2.72 bits per heavy atom. The van der Waals surface area contributed by atoms with E-state index in [1.54, 1.807) is 0 Å². The van der Waals surface area contributed by atoms with Crippen LogP contribution in [0.1, 0.15) is 22.6 Å². The molecule has 4 aromatic rings. The SMILES string of the molecule is Cc1nc2cc(NC(=O)c3ccc4ccn(C)c4c3)ccc2n1CCCN(C)C. The standard InChI is InChI=1S/C23H27N5O/c1-16-24-20-15-19(8-9-21(20)28(16)12-5-11-26(2)3)25-23(29)18-7-6-17-10-13-27(4)22(17)14-18/h6-10,13-15H,5,11-12H2,1-4H3,(H,25,29). The summed E-state index contributed by atoms with van der Waals surface area (Å²) in [6.07, 6.45) is 3.07. The van der Waals surface area contributed by atoms with E-state index in [-0.39, 0.29) is 5.91 Å². The highest BCUT2D eigenvalue weighted by atomic mass is 16.1. The molecule has 6 heteroatoms. The number of rotatable bonds is 6. The summed E-state index contributed by atoms with van der Waals surface area (Å²) in [6, 6.07) is 13.7. The van der Waals surface area contributed by atoms with E-state index in [2.05, 4.69) is 28.9 Å². The van der Waals surface area contributed by atoms with Gasteiger partial charge in [-0.3, -0.25) is 4.79 Å². The van der Waals surface area contributed by atoms with E-state index in [0.29, 0.717) is 5.56 Å². The van der Waals surface area contributed by atoms with E-state index in [0.717, 1.165) is 53.0 Å². The Labute approximate surface area is 170 Å². The van der Waals surface area contributed by atoms with Gasteiger partial charge < -0.3 is 19.4 Å². The van der Waals surface area contributed by atoms with Crippen molar-refractivity contribution >= 4 is 33.5 Å². The van der Waals surface area contributed by atoms with Crippen LogP contribution in [0.15, 0.2) is 48.7 Å². The molecule has 0 spiro atoms. The molecule has 4 rings (SSSR count). The number of benzene rings is 2.